The van der Waals surface area contributed by atoms with E-state index in [-0.39, 0.29) is 49.1 Å². The lowest BCUT2D eigenvalue weighted by atomic mass is 9.84. The van der Waals surface area contributed by atoms with Crippen molar-refractivity contribution >= 4 is 23.3 Å². The summed E-state index contributed by atoms with van der Waals surface area (Å²) in [6, 6.07) is 12.5. The minimum atomic E-state index is -0.518. The van der Waals surface area contributed by atoms with Crippen molar-refractivity contribution in [2.45, 2.75) is 68.8 Å². The number of methoxy groups -OCH3 is 1. The SMILES string of the molecule is COc1ccc(NC(=O)Nc2ccc3c(c2)[C@@H]2C[C@@H](CC(=O)NC4CCCC4)O[C@H](CO)[C@@H]2O3)cc1. The van der Waals surface area contributed by atoms with Crippen LogP contribution in [0.3, 0.4) is 0 Å². The molecule has 1 saturated heterocycles. The van der Waals surface area contributed by atoms with Crippen LogP contribution in [0.5, 0.6) is 11.5 Å². The van der Waals surface area contributed by atoms with Crippen molar-refractivity contribution in [3.05, 3.63) is 48.0 Å². The summed E-state index contributed by atoms with van der Waals surface area (Å²) >= 11 is 0. The molecule has 4 atom stereocenters. The van der Waals surface area contributed by atoms with Crippen LogP contribution in [-0.4, -0.2) is 55.1 Å². The molecule has 2 aromatic carbocycles. The van der Waals surface area contributed by atoms with Crippen LogP contribution in [0.4, 0.5) is 16.2 Å². The second-order valence-corrected chi connectivity index (χ2v) is 9.72. The zero-order valence-corrected chi connectivity index (χ0v) is 20.4. The number of hydrogen-bond acceptors (Lipinski definition) is 6. The highest BCUT2D eigenvalue weighted by atomic mass is 16.6. The molecule has 4 N–H and O–H groups in total. The Balaban J connectivity index is 1.24. The quantitative estimate of drug-likeness (QED) is 0.464. The maximum Gasteiger partial charge on any atom is 0.323 e. The van der Waals surface area contributed by atoms with Gasteiger partial charge in [0.05, 0.1) is 26.2 Å². The molecular formula is C27H33N3O6. The molecule has 5 rings (SSSR count). The number of ether oxygens (including phenoxy) is 3. The summed E-state index contributed by atoms with van der Waals surface area (Å²) in [4.78, 5) is 25.2. The van der Waals surface area contributed by atoms with Crippen LogP contribution in [0.2, 0.25) is 0 Å². The number of hydrogen-bond donors (Lipinski definition) is 4. The lowest BCUT2D eigenvalue weighted by Crippen LogP contribution is -2.47. The molecule has 192 valence electrons. The Hall–Kier alpha value is -3.30. The number of aliphatic hydroxyl groups excluding tert-OH is 1. The van der Waals surface area contributed by atoms with E-state index in [1.807, 2.05) is 12.1 Å². The van der Waals surface area contributed by atoms with Gasteiger partial charge in [0, 0.05) is 28.9 Å². The van der Waals surface area contributed by atoms with Crippen LogP contribution >= 0.6 is 0 Å². The minimum absolute atomic E-state index is 0.00759. The Bertz CT molecular complexity index is 1090. The number of anilines is 2. The van der Waals surface area contributed by atoms with E-state index in [1.165, 1.54) is 0 Å². The Kier molecular flexibility index (Phi) is 7.29. The number of fused-ring (bicyclic) bond motifs is 3. The molecule has 9 nitrogen and oxygen atoms in total. The number of amides is 3. The molecule has 36 heavy (non-hydrogen) atoms. The molecule has 0 spiro atoms. The smallest absolute Gasteiger partial charge is 0.323 e. The molecule has 0 unspecified atom stereocenters. The van der Waals surface area contributed by atoms with Crippen LogP contribution in [-0.2, 0) is 9.53 Å². The van der Waals surface area contributed by atoms with E-state index in [9.17, 15) is 14.7 Å². The summed E-state index contributed by atoms with van der Waals surface area (Å²) < 4.78 is 17.3. The van der Waals surface area contributed by atoms with Gasteiger partial charge >= 0.3 is 6.03 Å². The van der Waals surface area contributed by atoms with Gasteiger partial charge in [0.25, 0.3) is 0 Å². The van der Waals surface area contributed by atoms with Gasteiger partial charge in [-0.1, -0.05) is 12.8 Å². The van der Waals surface area contributed by atoms with Gasteiger partial charge in [-0.3, -0.25) is 4.79 Å². The minimum Gasteiger partial charge on any atom is -0.497 e. The molecule has 2 aromatic rings. The van der Waals surface area contributed by atoms with Crippen LogP contribution in [0.15, 0.2) is 42.5 Å². The summed E-state index contributed by atoms with van der Waals surface area (Å²) in [7, 11) is 1.59. The molecule has 0 aromatic heterocycles. The fraction of sp³-hybridized carbons (Fsp3) is 0.481. The topological polar surface area (TPSA) is 118 Å². The van der Waals surface area contributed by atoms with Gasteiger partial charge in [0.15, 0.2) is 0 Å². The zero-order valence-electron chi connectivity index (χ0n) is 20.4. The summed E-state index contributed by atoms with van der Waals surface area (Å²) in [6.07, 6.45) is 4.08. The molecule has 9 heteroatoms. The Morgan fingerprint density at radius 1 is 1.06 bits per heavy atom. The number of carbonyl (C=O) groups excluding carboxylic acids is 2. The van der Waals surface area contributed by atoms with Gasteiger partial charge in [-0.25, -0.2) is 4.79 Å². The molecule has 0 radical (unpaired) electrons. The third kappa shape index (κ3) is 5.42. The van der Waals surface area contributed by atoms with Crippen molar-refractivity contribution in [2.24, 2.45) is 0 Å². The largest absolute Gasteiger partial charge is 0.497 e. The average Bonchev–Trinajstić information content (AvgIpc) is 3.51. The lowest BCUT2D eigenvalue weighted by Gasteiger charge is -2.37. The number of carbonyl (C=O) groups is 2. The zero-order chi connectivity index (χ0) is 25.1. The maximum absolute atomic E-state index is 12.6. The van der Waals surface area contributed by atoms with Gasteiger partial charge < -0.3 is 35.3 Å². The average molecular weight is 496 g/mol. The van der Waals surface area contributed by atoms with Crippen LogP contribution < -0.4 is 25.4 Å². The number of nitrogens with one attached hydrogen (secondary N) is 3. The van der Waals surface area contributed by atoms with E-state index in [0.717, 1.165) is 31.2 Å². The van der Waals surface area contributed by atoms with Crippen LogP contribution in [0, 0.1) is 0 Å². The van der Waals surface area contributed by atoms with Crippen molar-refractivity contribution in [2.75, 3.05) is 24.4 Å². The van der Waals surface area contributed by atoms with Gasteiger partial charge in [0.2, 0.25) is 5.91 Å². The monoisotopic (exact) mass is 495 g/mol. The first-order valence-corrected chi connectivity index (χ1v) is 12.6. The summed E-state index contributed by atoms with van der Waals surface area (Å²) in [5.41, 5.74) is 2.23. The third-order valence-corrected chi connectivity index (χ3v) is 7.24. The second kappa shape index (κ2) is 10.8. The number of benzene rings is 2. The first-order chi connectivity index (χ1) is 17.5. The summed E-state index contributed by atoms with van der Waals surface area (Å²) in [5.74, 6) is 1.37. The number of aliphatic hydroxyl groups is 1. The van der Waals surface area contributed by atoms with Crippen molar-refractivity contribution in [3.63, 3.8) is 0 Å². The van der Waals surface area contributed by atoms with Gasteiger partial charge in [0.1, 0.15) is 23.7 Å². The molecule has 2 heterocycles. The van der Waals surface area contributed by atoms with Crippen molar-refractivity contribution in [1.82, 2.24) is 5.32 Å². The first-order valence-electron chi connectivity index (χ1n) is 12.6. The molecule has 1 saturated carbocycles. The fourth-order valence-electron chi connectivity index (χ4n) is 5.50. The molecule has 3 amide bonds. The highest BCUT2D eigenvalue weighted by Gasteiger charge is 2.46. The molecule has 2 fully saturated rings. The molecule has 1 aliphatic carbocycles. The predicted molar refractivity (Wildman–Crippen MR) is 135 cm³/mol. The third-order valence-electron chi connectivity index (χ3n) is 7.24. The Morgan fingerprint density at radius 3 is 2.50 bits per heavy atom. The van der Waals surface area contributed by atoms with Crippen molar-refractivity contribution in [3.8, 4) is 11.5 Å². The van der Waals surface area contributed by atoms with Gasteiger partial charge in [-0.2, -0.15) is 0 Å². The van der Waals surface area contributed by atoms with Crippen molar-refractivity contribution in [1.29, 1.82) is 0 Å². The second-order valence-electron chi connectivity index (χ2n) is 9.72. The van der Waals surface area contributed by atoms with E-state index < -0.39 is 6.10 Å². The predicted octanol–water partition coefficient (Wildman–Crippen LogP) is 3.78. The lowest BCUT2D eigenvalue weighted by molar-refractivity contribution is -0.142. The molecular weight excluding hydrogens is 462 g/mol. The van der Waals surface area contributed by atoms with Crippen LogP contribution in [0.1, 0.15) is 50.0 Å². The summed E-state index contributed by atoms with van der Waals surface area (Å²) in [5, 5.41) is 18.8. The summed E-state index contributed by atoms with van der Waals surface area (Å²) in [6.45, 7) is -0.189. The van der Waals surface area contributed by atoms with Crippen LogP contribution in [0.25, 0.3) is 0 Å². The highest BCUT2D eigenvalue weighted by Crippen LogP contribution is 2.47. The van der Waals surface area contributed by atoms with E-state index in [0.29, 0.717) is 29.3 Å². The van der Waals surface area contributed by atoms with Gasteiger partial charge in [-0.05, 0) is 61.7 Å². The van der Waals surface area contributed by atoms with Gasteiger partial charge in [-0.15, -0.1) is 0 Å². The Labute approximate surface area is 210 Å². The molecule has 3 aliphatic rings. The highest BCUT2D eigenvalue weighted by molar-refractivity contribution is 5.99. The molecule has 2 aliphatic heterocycles. The van der Waals surface area contributed by atoms with Crippen molar-refractivity contribution < 1.29 is 28.9 Å². The number of rotatable bonds is 7. The molecule has 0 bridgehead atoms. The van der Waals surface area contributed by atoms with E-state index in [4.69, 9.17) is 14.2 Å². The standard InChI is InChI=1S/C27H33N3O6/c1-34-19-9-6-17(7-10-19)29-27(33)30-18-8-11-23-21(12-18)22-13-20(35-24(15-31)26(22)36-23)14-25(32)28-16-4-2-3-5-16/h6-12,16,20,22,24,26,31H,2-5,13-15H2,1H3,(H,28,32)(H2,29,30,33)/t20-,22-,24+,26+/m0/s1. The Morgan fingerprint density at radius 2 is 1.78 bits per heavy atom. The maximum atomic E-state index is 12.6. The normalized spacial score (nSPS) is 24.8. The van der Waals surface area contributed by atoms with E-state index in [2.05, 4.69) is 16.0 Å². The van der Waals surface area contributed by atoms with E-state index in [1.54, 1.807) is 37.4 Å². The fourth-order valence-corrected chi connectivity index (χ4v) is 5.50. The number of urea groups is 1. The first kappa shape index (κ1) is 24.4. The van der Waals surface area contributed by atoms with E-state index >= 15 is 0 Å².